The SMILES string of the molecule is Cn1cc(S[C@H]2CCC3=Cc4c(cnn4-c4ccc(F)cc4)C[C@]3(C(=O)O)C2)cn1. The van der Waals surface area contributed by atoms with Crippen LogP contribution in [-0.4, -0.2) is 35.9 Å². The number of nitrogens with zero attached hydrogens (tertiary/aromatic N) is 4. The Morgan fingerprint density at radius 3 is 2.77 bits per heavy atom. The minimum atomic E-state index is -0.901. The number of thioether (sulfide) groups is 1. The van der Waals surface area contributed by atoms with Gasteiger partial charge in [0.2, 0.25) is 0 Å². The summed E-state index contributed by atoms with van der Waals surface area (Å²) < 4.78 is 16.8. The van der Waals surface area contributed by atoms with Crippen LogP contribution in [0.15, 0.2) is 53.3 Å². The number of fused-ring (bicyclic) bond motifs is 2. The Balaban J connectivity index is 1.48. The maximum absolute atomic E-state index is 13.3. The first-order chi connectivity index (χ1) is 14.4. The standard InChI is InChI=1S/C22H21FN4O2S/c1-26-13-19(12-24-26)30-18-7-2-15-8-20-14(9-22(15,10-18)21(28)29)11-25-27(20)17-5-3-16(23)4-6-17/h3-6,8,11-13,18H,2,7,9-10H2,1H3,(H,28,29)/t18-,22-/m0/s1. The lowest BCUT2D eigenvalue weighted by molar-refractivity contribution is -0.147. The first-order valence-electron chi connectivity index (χ1n) is 9.87. The molecule has 1 saturated carbocycles. The van der Waals surface area contributed by atoms with E-state index < -0.39 is 11.4 Å². The van der Waals surface area contributed by atoms with Crippen molar-refractivity contribution in [3.8, 4) is 5.69 Å². The average Bonchev–Trinajstić information content (AvgIpc) is 3.32. The van der Waals surface area contributed by atoms with E-state index in [2.05, 4.69) is 10.2 Å². The van der Waals surface area contributed by atoms with E-state index in [4.69, 9.17) is 0 Å². The summed E-state index contributed by atoms with van der Waals surface area (Å²) in [5, 5.41) is 19.2. The van der Waals surface area contributed by atoms with Gasteiger partial charge in [0.25, 0.3) is 0 Å². The summed E-state index contributed by atoms with van der Waals surface area (Å²) in [6, 6.07) is 6.17. The van der Waals surface area contributed by atoms with Crippen molar-refractivity contribution in [1.29, 1.82) is 0 Å². The van der Waals surface area contributed by atoms with Gasteiger partial charge >= 0.3 is 5.97 Å². The Bertz CT molecular complexity index is 1150. The van der Waals surface area contributed by atoms with Gasteiger partial charge in [0, 0.05) is 23.4 Å². The molecule has 1 aromatic carbocycles. The Morgan fingerprint density at radius 1 is 1.27 bits per heavy atom. The van der Waals surface area contributed by atoms with Crippen LogP contribution < -0.4 is 0 Å². The largest absolute Gasteiger partial charge is 0.481 e. The number of benzene rings is 1. The molecule has 30 heavy (non-hydrogen) atoms. The second kappa shape index (κ2) is 7.12. The molecule has 0 bridgehead atoms. The van der Waals surface area contributed by atoms with Crippen LogP contribution >= 0.6 is 11.8 Å². The van der Waals surface area contributed by atoms with E-state index in [1.165, 1.54) is 12.1 Å². The van der Waals surface area contributed by atoms with Crippen molar-refractivity contribution in [2.75, 3.05) is 0 Å². The number of halogens is 1. The van der Waals surface area contributed by atoms with E-state index in [0.717, 1.165) is 40.3 Å². The maximum atomic E-state index is 13.3. The lowest BCUT2D eigenvalue weighted by Crippen LogP contribution is -2.42. The minimum Gasteiger partial charge on any atom is -0.481 e. The van der Waals surface area contributed by atoms with Gasteiger partial charge in [-0.1, -0.05) is 5.57 Å². The van der Waals surface area contributed by atoms with Gasteiger partial charge < -0.3 is 5.11 Å². The Kier molecular flexibility index (Phi) is 4.54. The molecule has 0 aliphatic heterocycles. The highest BCUT2D eigenvalue weighted by molar-refractivity contribution is 8.00. The normalized spacial score (nSPS) is 22.9. The average molecular weight is 425 g/mol. The molecule has 1 N–H and O–H groups in total. The fourth-order valence-electron chi connectivity index (χ4n) is 4.59. The van der Waals surface area contributed by atoms with Gasteiger partial charge in [0.15, 0.2) is 0 Å². The van der Waals surface area contributed by atoms with Gasteiger partial charge in [-0.05, 0) is 61.6 Å². The summed E-state index contributed by atoms with van der Waals surface area (Å²) in [5.74, 6) is -1.07. The number of rotatable bonds is 4. The molecular formula is C22H21FN4O2S. The minimum absolute atomic E-state index is 0.219. The molecule has 6 nitrogen and oxygen atoms in total. The molecule has 5 rings (SSSR count). The number of hydrogen-bond donors (Lipinski definition) is 1. The number of carboxylic acid groups (broad SMARTS) is 1. The summed E-state index contributed by atoms with van der Waals surface area (Å²) in [4.78, 5) is 13.6. The third-order valence-corrected chi connectivity index (χ3v) is 7.30. The van der Waals surface area contributed by atoms with Gasteiger partial charge in [0.05, 0.1) is 29.2 Å². The molecule has 0 saturated heterocycles. The van der Waals surface area contributed by atoms with E-state index in [1.807, 2.05) is 25.5 Å². The molecular weight excluding hydrogens is 403 g/mol. The van der Waals surface area contributed by atoms with Crippen molar-refractivity contribution in [3.05, 3.63) is 65.5 Å². The van der Waals surface area contributed by atoms with E-state index >= 15 is 0 Å². The van der Waals surface area contributed by atoms with Crippen LogP contribution in [0.5, 0.6) is 0 Å². The van der Waals surface area contributed by atoms with E-state index in [1.54, 1.807) is 39.5 Å². The van der Waals surface area contributed by atoms with Crippen LogP contribution in [-0.2, 0) is 18.3 Å². The zero-order chi connectivity index (χ0) is 20.9. The van der Waals surface area contributed by atoms with E-state index in [9.17, 15) is 14.3 Å². The third-order valence-electron chi connectivity index (χ3n) is 6.08. The second-order valence-electron chi connectivity index (χ2n) is 8.01. The molecule has 154 valence electrons. The van der Waals surface area contributed by atoms with Gasteiger partial charge in [0.1, 0.15) is 5.82 Å². The molecule has 0 spiro atoms. The smallest absolute Gasteiger partial charge is 0.314 e. The molecule has 0 radical (unpaired) electrons. The molecule has 1 fully saturated rings. The van der Waals surface area contributed by atoms with E-state index in [-0.39, 0.29) is 11.1 Å². The summed E-state index contributed by atoms with van der Waals surface area (Å²) >= 11 is 1.71. The molecule has 3 aromatic rings. The predicted molar refractivity (Wildman–Crippen MR) is 112 cm³/mol. The molecule has 0 amide bonds. The molecule has 0 unspecified atom stereocenters. The van der Waals surface area contributed by atoms with Gasteiger partial charge in [-0.3, -0.25) is 9.48 Å². The van der Waals surface area contributed by atoms with Crippen molar-refractivity contribution in [3.63, 3.8) is 0 Å². The van der Waals surface area contributed by atoms with Crippen LogP contribution in [0.4, 0.5) is 4.39 Å². The van der Waals surface area contributed by atoms with Crippen LogP contribution in [0.2, 0.25) is 0 Å². The Hall–Kier alpha value is -2.87. The zero-order valence-corrected chi connectivity index (χ0v) is 17.3. The first-order valence-corrected chi connectivity index (χ1v) is 10.8. The van der Waals surface area contributed by atoms with Gasteiger partial charge in [-0.25, -0.2) is 9.07 Å². The molecule has 2 aliphatic carbocycles. The number of aliphatic carboxylic acids is 1. The Morgan fingerprint density at radius 2 is 2.07 bits per heavy atom. The van der Waals surface area contributed by atoms with Crippen molar-refractivity contribution >= 4 is 23.8 Å². The fourth-order valence-corrected chi connectivity index (χ4v) is 5.90. The lowest BCUT2D eigenvalue weighted by atomic mass is 9.64. The highest BCUT2D eigenvalue weighted by Crippen LogP contribution is 2.51. The Labute approximate surface area is 177 Å². The molecule has 2 aromatic heterocycles. The quantitative estimate of drug-likeness (QED) is 0.683. The molecule has 8 heteroatoms. The number of aromatic nitrogens is 4. The summed E-state index contributed by atoms with van der Waals surface area (Å²) in [5.41, 5.74) is 2.62. The monoisotopic (exact) mass is 424 g/mol. The van der Waals surface area contributed by atoms with Crippen molar-refractivity contribution in [2.45, 2.75) is 35.8 Å². The molecule has 2 atom stereocenters. The summed E-state index contributed by atoms with van der Waals surface area (Å²) in [6.07, 6.45) is 10.2. The highest BCUT2D eigenvalue weighted by atomic mass is 32.2. The topological polar surface area (TPSA) is 72.9 Å². The maximum Gasteiger partial charge on any atom is 0.314 e. The van der Waals surface area contributed by atoms with Crippen LogP contribution in [0.3, 0.4) is 0 Å². The molecule has 2 heterocycles. The van der Waals surface area contributed by atoms with Gasteiger partial charge in [-0.2, -0.15) is 10.2 Å². The van der Waals surface area contributed by atoms with Crippen molar-refractivity contribution in [1.82, 2.24) is 19.6 Å². The van der Waals surface area contributed by atoms with E-state index in [0.29, 0.717) is 12.8 Å². The lowest BCUT2D eigenvalue weighted by Gasteiger charge is -2.41. The highest BCUT2D eigenvalue weighted by Gasteiger charge is 2.49. The van der Waals surface area contributed by atoms with Crippen LogP contribution in [0.25, 0.3) is 11.8 Å². The number of carboxylic acids is 1. The fraction of sp³-hybridized carbons (Fsp3) is 0.318. The number of hydrogen-bond acceptors (Lipinski definition) is 4. The van der Waals surface area contributed by atoms with Crippen molar-refractivity contribution < 1.29 is 14.3 Å². The summed E-state index contributed by atoms with van der Waals surface area (Å²) in [7, 11) is 1.88. The third kappa shape index (κ3) is 3.15. The van der Waals surface area contributed by atoms with Crippen molar-refractivity contribution in [2.24, 2.45) is 12.5 Å². The molecule has 2 aliphatic rings. The number of carbonyl (C=O) groups is 1. The number of aryl methyl sites for hydroxylation is 1. The predicted octanol–water partition coefficient (Wildman–Crippen LogP) is 4.10. The van der Waals surface area contributed by atoms with Crippen LogP contribution in [0, 0.1) is 11.2 Å². The second-order valence-corrected chi connectivity index (χ2v) is 9.38. The first kappa shape index (κ1) is 19.1. The van der Waals surface area contributed by atoms with Gasteiger partial charge in [-0.15, -0.1) is 11.8 Å². The van der Waals surface area contributed by atoms with Crippen LogP contribution in [0.1, 0.15) is 30.5 Å². The zero-order valence-electron chi connectivity index (χ0n) is 16.5. The summed E-state index contributed by atoms with van der Waals surface area (Å²) in [6.45, 7) is 0.